The lowest BCUT2D eigenvalue weighted by Gasteiger charge is -2.25. The van der Waals surface area contributed by atoms with Crippen LogP contribution in [0.3, 0.4) is 0 Å². The Morgan fingerprint density at radius 1 is 1.45 bits per heavy atom. The SMILES string of the molecule is CCC(Cl)c1cnn(CC2CCOc3ccccc32)c1. The summed E-state index contributed by atoms with van der Waals surface area (Å²) in [5, 5.41) is 4.50. The molecule has 106 valence electrons. The zero-order valence-corrected chi connectivity index (χ0v) is 12.4. The number of alkyl halides is 1. The predicted molar refractivity (Wildman–Crippen MR) is 80.4 cm³/mol. The number of para-hydroxylation sites is 1. The van der Waals surface area contributed by atoms with Crippen molar-refractivity contribution in [2.75, 3.05) is 6.61 Å². The van der Waals surface area contributed by atoms with Crippen molar-refractivity contribution in [1.82, 2.24) is 9.78 Å². The maximum absolute atomic E-state index is 6.25. The van der Waals surface area contributed by atoms with E-state index in [1.54, 1.807) is 0 Å². The van der Waals surface area contributed by atoms with Crippen LogP contribution in [0, 0.1) is 0 Å². The van der Waals surface area contributed by atoms with Crippen LogP contribution in [0.5, 0.6) is 5.75 Å². The molecule has 0 bridgehead atoms. The van der Waals surface area contributed by atoms with Gasteiger partial charge in [0.05, 0.1) is 18.2 Å². The highest BCUT2D eigenvalue weighted by atomic mass is 35.5. The number of aromatic nitrogens is 2. The highest BCUT2D eigenvalue weighted by Crippen LogP contribution is 2.34. The van der Waals surface area contributed by atoms with Crippen LogP contribution in [0.25, 0.3) is 0 Å². The molecule has 2 aromatic rings. The second-order valence-corrected chi connectivity index (χ2v) is 5.77. The molecule has 2 heterocycles. The second kappa shape index (κ2) is 5.88. The van der Waals surface area contributed by atoms with Gasteiger partial charge in [0.1, 0.15) is 5.75 Å². The van der Waals surface area contributed by atoms with Crippen molar-refractivity contribution in [1.29, 1.82) is 0 Å². The first-order valence-electron chi connectivity index (χ1n) is 7.16. The van der Waals surface area contributed by atoms with Crippen molar-refractivity contribution in [3.05, 3.63) is 47.8 Å². The molecule has 0 spiro atoms. The molecule has 3 rings (SSSR count). The van der Waals surface area contributed by atoms with E-state index in [0.717, 1.165) is 37.3 Å². The van der Waals surface area contributed by atoms with Gasteiger partial charge in [-0.2, -0.15) is 5.10 Å². The minimum absolute atomic E-state index is 0.0609. The van der Waals surface area contributed by atoms with Crippen molar-refractivity contribution in [3.63, 3.8) is 0 Å². The molecule has 3 nitrogen and oxygen atoms in total. The molecule has 4 heteroatoms. The monoisotopic (exact) mass is 290 g/mol. The van der Waals surface area contributed by atoms with Crippen LogP contribution in [-0.2, 0) is 6.54 Å². The molecule has 0 fully saturated rings. The van der Waals surface area contributed by atoms with Gasteiger partial charge in [-0.05, 0) is 24.5 Å². The molecule has 1 aliphatic heterocycles. The maximum atomic E-state index is 6.25. The topological polar surface area (TPSA) is 27.1 Å². The van der Waals surface area contributed by atoms with Gasteiger partial charge in [0.15, 0.2) is 0 Å². The van der Waals surface area contributed by atoms with Crippen molar-refractivity contribution in [2.24, 2.45) is 0 Å². The number of hydrogen-bond donors (Lipinski definition) is 0. The molecule has 0 N–H and O–H groups in total. The Morgan fingerprint density at radius 3 is 3.15 bits per heavy atom. The number of nitrogens with zero attached hydrogens (tertiary/aromatic N) is 2. The average Bonchev–Trinajstić information content (AvgIpc) is 2.95. The van der Waals surface area contributed by atoms with Gasteiger partial charge in [-0.1, -0.05) is 25.1 Å². The van der Waals surface area contributed by atoms with E-state index in [4.69, 9.17) is 16.3 Å². The minimum atomic E-state index is 0.0609. The molecule has 0 radical (unpaired) electrons. The standard InChI is InChI=1S/C16H19ClN2O/c1-2-15(17)13-9-18-19(11-13)10-12-7-8-20-16-6-4-3-5-14(12)16/h3-6,9,11-12,15H,2,7-8,10H2,1H3. The Balaban J connectivity index is 1.77. The third-order valence-corrected chi connectivity index (χ3v) is 4.42. The summed E-state index contributed by atoms with van der Waals surface area (Å²) >= 11 is 6.25. The van der Waals surface area contributed by atoms with Gasteiger partial charge < -0.3 is 4.74 Å². The number of benzene rings is 1. The summed E-state index contributed by atoms with van der Waals surface area (Å²) in [6.07, 6.45) is 5.91. The third-order valence-electron chi connectivity index (χ3n) is 3.86. The van der Waals surface area contributed by atoms with Crippen molar-refractivity contribution in [3.8, 4) is 5.75 Å². The van der Waals surface area contributed by atoms with Crippen LogP contribution < -0.4 is 4.74 Å². The summed E-state index contributed by atoms with van der Waals surface area (Å²) in [6.45, 7) is 3.75. The number of rotatable bonds is 4. The summed E-state index contributed by atoms with van der Waals surface area (Å²) in [5.41, 5.74) is 2.39. The maximum Gasteiger partial charge on any atom is 0.122 e. The van der Waals surface area contributed by atoms with E-state index in [9.17, 15) is 0 Å². The van der Waals surface area contributed by atoms with Crippen LogP contribution in [0.4, 0.5) is 0 Å². The Hall–Kier alpha value is -1.48. The lowest BCUT2D eigenvalue weighted by atomic mass is 9.93. The molecule has 2 unspecified atom stereocenters. The summed E-state index contributed by atoms with van der Waals surface area (Å²) in [4.78, 5) is 0. The fourth-order valence-corrected chi connectivity index (χ4v) is 2.82. The molecule has 0 saturated heterocycles. The smallest absolute Gasteiger partial charge is 0.122 e. The molecule has 1 aliphatic rings. The van der Waals surface area contributed by atoms with E-state index < -0.39 is 0 Å². The molecule has 0 aliphatic carbocycles. The first kappa shape index (κ1) is 13.5. The molecular weight excluding hydrogens is 272 g/mol. The summed E-state index contributed by atoms with van der Waals surface area (Å²) in [5.74, 6) is 1.48. The second-order valence-electron chi connectivity index (χ2n) is 5.24. The number of ether oxygens (including phenoxy) is 1. The highest BCUT2D eigenvalue weighted by Gasteiger charge is 2.22. The fourth-order valence-electron chi connectivity index (χ4n) is 2.71. The predicted octanol–water partition coefficient (Wildman–Crippen LogP) is 4.14. The zero-order chi connectivity index (χ0) is 13.9. The molecule has 1 aromatic carbocycles. The number of fused-ring (bicyclic) bond motifs is 1. The molecule has 0 saturated carbocycles. The fraction of sp³-hybridized carbons (Fsp3) is 0.438. The zero-order valence-electron chi connectivity index (χ0n) is 11.6. The molecule has 2 atom stereocenters. The lowest BCUT2D eigenvalue weighted by molar-refractivity contribution is 0.256. The van der Waals surface area contributed by atoms with Gasteiger partial charge in [0.2, 0.25) is 0 Å². The van der Waals surface area contributed by atoms with Crippen molar-refractivity contribution in [2.45, 2.75) is 37.6 Å². The summed E-state index contributed by atoms with van der Waals surface area (Å²) < 4.78 is 7.71. The van der Waals surface area contributed by atoms with Crippen molar-refractivity contribution < 1.29 is 4.74 Å². The van der Waals surface area contributed by atoms with E-state index in [1.165, 1.54) is 5.56 Å². The van der Waals surface area contributed by atoms with Crippen LogP contribution in [0.2, 0.25) is 0 Å². The van der Waals surface area contributed by atoms with Gasteiger partial charge >= 0.3 is 0 Å². The van der Waals surface area contributed by atoms with E-state index in [0.29, 0.717) is 5.92 Å². The Kier molecular flexibility index (Phi) is 3.97. The van der Waals surface area contributed by atoms with Crippen molar-refractivity contribution >= 4 is 11.6 Å². The number of halogens is 1. The van der Waals surface area contributed by atoms with Gasteiger partial charge in [0.25, 0.3) is 0 Å². The van der Waals surface area contributed by atoms with Gasteiger partial charge in [0, 0.05) is 24.2 Å². The molecule has 0 amide bonds. The van der Waals surface area contributed by atoms with Gasteiger partial charge in [-0.15, -0.1) is 11.6 Å². The minimum Gasteiger partial charge on any atom is -0.493 e. The van der Waals surface area contributed by atoms with Gasteiger partial charge in [-0.25, -0.2) is 0 Å². The summed E-state index contributed by atoms with van der Waals surface area (Å²) in [7, 11) is 0. The van der Waals surface area contributed by atoms with E-state index in [2.05, 4.69) is 30.4 Å². The highest BCUT2D eigenvalue weighted by molar-refractivity contribution is 6.20. The van der Waals surface area contributed by atoms with E-state index in [-0.39, 0.29) is 5.38 Å². The quantitative estimate of drug-likeness (QED) is 0.791. The lowest BCUT2D eigenvalue weighted by Crippen LogP contribution is -2.18. The van der Waals surface area contributed by atoms with E-state index >= 15 is 0 Å². The molecular formula is C16H19ClN2O. The Bertz CT molecular complexity index is 581. The van der Waals surface area contributed by atoms with Crippen LogP contribution >= 0.6 is 11.6 Å². The first-order valence-corrected chi connectivity index (χ1v) is 7.59. The van der Waals surface area contributed by atoms with Crippen LogP contribution in [-0.4, -0.2) is 16.4 Å². The van der Waals surface area contributed by atoms with E-state index in [1.807, 2.05) is 23.0 Å². The Morgan fingerprint density at radius 2 is 2.30 bits per heavy atom. The molecule has 20 heavy (non-hydrogen) atoms. The average molecular weight is 291 g/mol. The molecule has 1 aromatic heterocycles. The summed E-state index contributed by atoms with van der Waals surface area (Å²) in [6, 6.07) is 8.29. The first-order chi connectivity index (χ1) is 9.78. The Labute approximate surface area is 124 Å². The van der Waals surface area contributed by atoms with Gasteiger partial charge in [-0.3, -0.25) is 4.68 Å². The van der Waals surface area contributed by atoms with Crippen LogP contribution in [0.1, 0.15) is 42.2 Å². The van der Waals surface area contributed by atoms with Crippen LogP contribution in [0.15, 0.2) is 36.7 Å². The largest absolute Gasteiger partial charge is 0.493 e. The normalized spacial score (nSPS) is 19.2. The third kappa shape index (κ3) is 2.68. The number of hydrogen-bond acceptors (Lipinski definition) is 2.